The molecule has 0 heterocycles. The first-order valence-electron chi connectivity index (χ1n) is 32.0. The van der Waals surface area contributed by atoms with Crippen molar-refractivity contribution in [3.63, 3.8) is 0 Å². The van der Waals surface area contributed by atoms with Gasteiger partial charge in [0.15, 0.2) is 0 Å². The average Bonchev–Trinajstić information content (AvgIpc) is 4.43. The summed E-state index contributed by atoms with van der Waals surface area (Å²) in [4.78, 5) is 0. The molecule has 0 atom stereocenters. The van der Waals surface area contributed by atoms with Gasteiger partial charge in [-0.25, -0.2) is 0 Å². The van der Waals surface area contributed by atoms with Crippen LogP contribution in [0.25, 0.3) is 33.4 Å². The van der Waals surface area contributed by atoms with E-state index in [0.29, 0.717) is 0 Å². The van der Waals surface area contributed by atoms with E-state index >= 15 is 0 Å². The zero-order chi connectivity index (χ0) is 59.4. The van der Waals surface area contributed by atoms with Gasteiger partial charge in [-0.05, 0) is 191 Å². The van der Waals surface area contributed by atoms with Crippen LogP contribution in [0.2, 0.25) is 0 Å². The maximum atomic E-state index is 2.46. The van der Waals surface area contributed by atoms with Crippen molar-refractivity contribution in [2.75, 3.05) is 0 Å². The van der Waals surface area contributed by atoms with Gasteiger partial charge in [-0.2, -0.15) is 0 Å². The molecule has 0 bridgehead atoms. The summed E-state index contributed by atoms with van der Waals surface area (Å²) in [5, 5.41) is 0. The molecule has 81 heavy (non-hydrogen) atoms. The molecule has 0 N–H and O–H groups in total. The fourth-order valence-corrected chi connectivity index (χ4v) is 11.9. The average molecular weight is 1080 g/mol. The van der Waals surface area contributed by atoms with E-state index in [9.17, 15) is 0 Å². The quantitative estimate of drug-likeness (QED) is 0.142. The van der Waals surface area contributed by atoms with Crippen molar-refractivity contribution in [3.05, 3.63) is 282 Å². The van der Waals surface area contributed by atoms with Crippen LogP contribution >= 0.6 is 0 Å². The maximum Gasteiger partial charge on any atom is -0.00133 e. The number of hydrogen-bond acceptors (Lipinski definition) is 0. The zero-order valence-electron chi connectivity index (χ0n) is 53.7. The first-order valence-corrected chi connectivity index (χ1v) is 32.0. The summed E-state index contributed by atoms with van der Waals surface area (Å²) < 4.78 is 0. The molecule has 0 nitrogen and oxygen atoms in total. The molecule has 0 aliphatic heterocycles. The minimum Gasteiger partial charge on any atom is -0.0683 e. The van der Waals surface area contributed by atoms with Crippen molar-refractivity contribution >= 4 is 0 Å². The predicted molar refractivity (Wildman–Crippen MR) is 362 cm³/mol. The minimum atomic E-state index is 1.08. The lowest BCUT2D eigenvalue weighted by Crippen LogP contribution is -2.08. The van der Waals surface area contributed by atoms with E-state index in [1.54, 1.807) is 5.56 Å². The summed E-state index contributed by atoms with van der Waals surface area (Å²) in [6.07, 6.45) is 9.82. The van der Waals surface area contributed by atoms with Crippen molar-refractivity contribution in [1.82, 2.24) is 0 Å². The van der Waals surface area contributed by atoms with E-state index in [4.69, 9.17) is 0 Å². The normalized spacial score (nSPS) is 11.6. The van der Waals surface area contributed by atoms with Crippen LogP contribution in [0, 0.1) is 0 Å². The van der Waals surface area contributed by atoms with E-state index < -0.39 is 0 Å². The molecule has 0 spiro atoms. The zero-order valence-corrected chi connectivity index (χ0v) is 53.7. The molecule has 0 fully saturated rings. The summed E-state index contributed by atoms with van der Waals surface area (Å²) in [6.45, 7) is 36.0. The van der Waals surface area contributed by atoms with Crippen LogP contribution in [0.3, 0.4) is 0 Å². The number of fused-ring (bicyclic) bond motifs is 16. The molecule has 0 amide bonds. The second-order valence-corrected chi connectivity index (χ2v) is 18.7. The topological polar surface area (TPSA) is 0 Å². The van der Waals surface area contributed by atoms with Crippen LogP contribution in [0.5, 0.6) is 0 Å². The van der Waals surface area contributed by atoms with Crippen LogP contribution in [-0.4, -0.2) is 0 Å². The molecule has 0 saturated carbocycles. The monoisotopic (exact) mass is 1070 g/mol. The molecule has 0 heteroatoms. The van der Waals surface area contributed by atoms with Gasteiger partial charge in [0, 0.05) is 0 Å². The molecule has 0 saturated heterocycles. The first-order chi connectivity index (χ1) is 40.2. The van der Waals surface area contributed by atoms with E-state index in [0.717, 1.165) is 57.8 Å². The van der Waals surface area contributed by atoms with Crippen molar-refractivity contribution in [2.45, 2.75) is 182 Å². The standard InChI is InChI=1S/3C21H16.9C2H6/c2*1-2-6-15-10-18-13-21-19(12-17(18)9-14(15)5-1)11-16-7-3-4-8-20(16)21;1-2-6-15-13-20-17(11-14(15)5-1)9-10-18-12-16-7-3-4-8-19(16)21(18)20;9*1-2/h2*1-8,12-13H,9-11H2;1-10H,11-13H2;9*1-2H3. The Morgan fingerprint density at radius 3 is 0.753 bits per heavy atom. The van der Waals surface area contributed by atoms with Crippen LogP contribution in [0.4, 0.5) is 0 Å². The molecule has 0 radical (unpaired) electrons. The Hall–Kier alpha value is -7.02. The summed E-state index contributed by atoms with van der Waals surface area (Å²) in [6, 6.07) is 67.8. The summed E-state index contributed by atoms with van der Waals surface area (Å²) >= 11 is 0. The van der Waals surface area contributed by atoms with Gasteiger partial charge in [0.25, 0.3) is 0 Å². The molecule has 9 aromatic carbocycles. The molecule has 6 aliphatic rings. The van der Waals surface area contributed by atoms with Crippen LogP contribution in [0.15, 0.2) is 182 Å². The third-order valence-corrected chi connectivity index (χ3v) is 15.0. The maximum absolute atomic E-state index is 2.46. The summed E-state index contributed by atoms with van der Waals surface area (Å²) in [5.41, 5.74) is 35.9. The fraction of sp³-hybridized carbons (Fsp3) is 0.333. The Balaban J connectivity index is 0.000000229. The van der Waals surface area contributed by atoms with Gasteiger partial charge in [0.05, 0.1) is 0 Å². The lowest BCUT2D eigenvalue weighted by atomic mass is 9.82. The third-order valence-electron chi connectivity index (χ3n) is 15.0. The minimum absolute atomic E-state index is 1.08. The molecule has 0 aromatic heterocycles. The van der Waals surface area contributed by atoms with Crippen LogP contribution in [-0.2, 0) is 57.8 Å². The molecule has 426 valence electrons. The number of hydrogen-bond donors (Lipinski definition) is 0. The molecular weight excluding hydrogens is 973 g/mol. The van der Waals surface area contributed by atoms with Gasteiger partial charge < -0.3 is 0 Å². The second-order valence-electron chi connectivity index (χ2n) is 18.7. The first kappa shape index (κ1) is 66.5. The summed E-state index contributed by atoms with van der Waals surface area (Å²) in [7, 11) is 0. The number of benzene rings is 9. The van der Waals surface area contributed by atoms with Crippen molar-refractivity contribution in [1.29, 1.82) is 0 Å². The predicted octanol–water partition coefficient (Wildman–Crippen LogP) is 23.5. The highest BCUT2D eigenvalue weighted by Gasteiger charge is 2.27. The Kier molecular flexibility index (Phi) is 28.7. The molecule has 6 aliphatic carbocycles. The molecule has 15 rings (SSSR count). The van der Waals surface area contributed by atoms with Crippen LogP contribution < -0.4 is 0 Å². The Labute approximate surface area is 495 Å². The van der Waals surface area contributed by atoms with Gasteiger partial charge in [0.1, 0.15) is 0 Å². The smallest absolute Gasteiger partial charge is 0.00133 e. The SMILES string of the molecule is CC.CC.CC.CC.CC.CC.CC.CC.CC.c1ccc2c(c1)Cc1cc3c(cc1C2)-c1ccccc1C3.c1ccc2c(c1)Cc1cc3c(cc1C2)-c1ccccc1C3.c1ccc2c(c1)Cc1ccc3c(c1C2)-c1ccccc1C3. The Morgan fingerprint density at radius 1 is 0.160 bits per heavy atom. The lowest BCUT2D eigenvalue weighted by molar-refractivity contribution is 0.996. The Morgan fingerprint density at radius 2 is 0.395 bits per heavy atom. The lowest BCUT2D eigenvalue weighted by Gasteiger charge is -2.22. The van der Waals surface area contributed by atoms with Gasteiger partial charge in [0.2, 0.25) is 0 Å². The second kappa shape index (κ2) is 35.0. The van der Waals surface area contributed by atoms with Crippen molar-refractivity contribution in [2.24, 2.45) is 0 Å². The third kappa shape index (κ3) is 15.1. The fourth-order valence-electron chi connectivity index (χ4n) is 11.9. The molecule has 9 aromatic rings. The molecule has 0 unspecified atom stereocenters. The molecular formula is C81H102. The van der Waals surface area contributed by atoms with Gasteiger partial charge in [-0.1, -0.05) is 307 Å². The summed E-state index contributed by atoms with van der Waals surface area (Å²) in [5.74, 6) is 0. The number of rotatable bonds is 0. The van der Waals surface area contributed by atoms with E-state index in [1.807, 2.05) is 125 Å². The van der Waals surface area contributed by atoms with Crippen molar-refractivity contribution < 1.29 is 0 Å². The van der Waals surface area contributed by atoms with E-state index in [1.165, 1.54) is 128 Å². The highest BCUT2D eigenvalue weighted by molar-refractivity contribution is 5.82. The van der Waals surface area contributed by atoms with Crippen LogP contribution in [0.1, 0.15) is 225 Å². The van der Waals surface area contributed by atoms with Gasteiger partial charge in [-0.3, -0.25) is 0 Å². The van der Waals surface area contributed by atoms with E-state index in [-0.39, 0.29) is 0 Å². The van der Waals surface area contributed by atoms with Gasteiger partial charge in [-0.15, -0.1) is 0 Å². The van der Waals surface area contributed by atoms with E-state index in [2.05, 4.69) is 182 Å². The van der Waals surface area contributed by atoms with Gasteiger partial charge >= 0.3 is 0 Å². The highest BCUT2D eigenvalue weighted by Crippen LogP contribution is 2.44. The Bertz CT molecular complexity index is 3160. The highest BCUT2D eigenvalue weighted by atomic mass is 14.3. The van der Waals surface area contributed by atoms with Crippen molar-refractivity contribution in [3.8, 4) is 33.4 Å². The largest absolute Gasteiger partial charge is 0.0683 e.